The van der Waals surface area contributed by atoms with Crippen LogP contribution in [0.15, 0.2) is 36.5 Å². The maximum Gasteiger partial charge on any atom is 0.256 e. The van der Waals surface area contributed by atoms with Gasteiger partial charge in [0.2, 0.25) is 0 Å². The molecular weight excluding hydrogens is 450 g/mol. The molecule has 186 valence electrons. The number of aromatic nitrogens is 1. The number of hydrogen-bond acceptors (Lipinski definition) is 6. The summed E-state index contributed by atoms with van der Waals surface area (Å²) < 4.78 is 0. The Morgan fingerprint density at radius 1 is 1.11 bits per heavy atom. The number of likely N-dealkylation sites (tertiary alicyclic amines) is 1. The first-order chi connectivity index (χ1) is 17.4. The van der Waals surface area contributed by atoms with Crippen molar-refractivity contribution in [3.63, 3.8) is 0 Å². The van der Waals surface area contributed by atoms with Gasteiger partial charge in [-0.2, -0.15) is 0 Å². The van der Waals surface area contributed by atoms with Crippen molar-refractivity contribution in [3.05, 3.63) is 70.0 Å². The van der Waals surface area contributed by atoms with Gasteiger partial charge in [0.15, 0.2) is 5.78 Å². The van der Waals surface area contributed by atoms with Crippen LogP contribution in [0.25, 0.3) is 5.57 Å². The van der Waals surface area contributed by atoms with E-state index in [9.17, 15) is 9.59 Å². The van der Waals surface area contributed by atoms with Crippen LogP contribution in [0.2, 0.25) is 0 Å². The lowest BCUT2D eigenvalue weighted by Crippen LogP contribution is -2.54. The van der Waals surface area contributed by atoms with Crippen molar-refractivity contribution < 1.29 is 9.59 Å². The number of rotatable bonds is 2. The number of likely N-dealkylation sites (N-methyl/N-ethyl adjacent to an activating group) is 1. The van der Waals surface area contributed by atoms with Crippen molar-refractivity contribution in [1.29, 1.82) is 0 Å². The number of piperidine rings is 1. The van der Waals surface area contributed by atoms with Crippen molar-refractivity contribution in [3.8, 4) is 0 Å². The Hall–Kier alpha value is -2.87. The fourth-order valence-electron chi connectivity index (χ4n) is 7.51. The van der Waals surface area contributed by atoms with Gasteiger partial charge in [-0.1, -0.05) is 18.2 Å². The molecule has 0 radical (unpaired) electrons. The zero-order chi connectivity index (χ0) is 24.6. The molecule has 0 saturated carbocycles. The Balaban J connectivity index is 1.25. The van der Waals surface area contributed by atoms with Gasteiger partial charge in [0.1, 0.15) is 0 Å². The summed E-state index contributed by atoms with van der Waals surface area (Å²) in [6.07, 6.45) is 8.48. The summed E-state index contributed by atoms with van der Waals surface area (Å²) in [5.74, 6) is 0.339. The average Bonchev–Trinajstić information content (AvgIpc) is 3.46. The number of carbonyl (C=O) groups excluding carboxylic acids is 2. The van der Waals surface area contributed by atoms with Gasteiger partial charge in [-0.05, 0) is 74.7 Å². The summed E-state index contributed by atoms with van der Waals surface area (Å²) in [6.45, 7) is 3.75. The van der Waals surface area contributed by atoms with Crippen LogP contribution in [0.3, 0.4) is 0 Å². The van der Waals surface area contributed by atoms with Gasteiger partial charge >= 0.3 is 0 Å². The molecule has 2 aromatic rings. The summed E-state index contributed by atoms with van der Waals surface area (Å²) >= 11 is 0. The van der Waals surface area contributed by atoms with Crippen molar-refractivity contribution in [2.45, 2.75) is 55.6 Å². The standard InChI is InChI=1S/C29H33N5O2/c1-33-15-19-3-4-20(16-33)34(19)28(36)18-10-23-22(12-25(30)27(23)32-14-18)17-2-5-21-24(11-17)29(13-26(21)35)6-8-31-9-7-29/h2,5,10-12,14,19-20,25,31H,3-4,6-9,13,15-16,30H2,1H3/t19?,20?,25-/m0/s1. The van der Waals surface area contributed by atoms with Crippen LogP contribution in [0.5, 0.6) is 0 Å². The first-order valence-corrected chi connectivity index (χ1v) is 13.3. The van der Waals surface area contributed by atoms with Crippen LogP contribution in [-0.2, 0) is 5.41 Å². The van der Waals surface area contributed by atoms with Crippen LogP contribution >= 0.6 is 0 Å². The Labute approximate surface area is 211 Å². The fraction of sp³-hybridized carbons (Fsp3) is 0.483. The third-order valence-corrected chi connectivity index (χ3v) is 9.28. The van der Waals surface area contributed by atoms with Crippen molar-refractivity contribution in [2.24, 2.45) is 5.73 Å². The second-order valence-electron chi connectivity index (χ2n) is 11.5. The zero-order valence-electron chi connectivity index (χ0n) is 20.8. The van der Waals surface area contributed by atoms with Crippen molar-refractivity contribution in [1.82, 2.24) is 20.1 Å². The monoisotopic (exact) mass is 483 g/mol. The number of nitrogens with one attached hydrogen (secondary N) is 1. The number of amides is 1. The highest BCUT2D eigenvalue weighted by Gasteiger charge is 2.45. The molecule has 3 N–H and O–H groups in total. The molecule has 7 rings (SSSR count). The number of fused-ring (bicyclic) bond motifs is 5. The molecule has 1 aromatic heterocycles. The molecule has 7 heteroatoms. The summed E-state index contributed by atoms with van der Waals surface area (Å²) in [5.41, 5.74) is 13.0. The predicted octanol–water partition coefficient (Wildman–Crippen LogP) is 2.65. The van der Waals surface area contributed by atoms with E-state index in [2.05, 4.69) is 39.3 Å². The topological polar surface area (TPSA) is 91.6 Å². The van der Waals surface area contributed by atoms with E-state index < -0.39 is 0 Å². The first-order valence-electron chi connectivity index (χ1n) is 13.3. The van der Waals surface area contributed by atoms with Crippen LogP contribution < -0.4 is 11.1 Å². The second kappa shape index (κ2) is 8.07. The number of pyridine rings is 1. The molecule has 1 amide bonds. The molecule has 5 aliphatic rings. The minimum atomic E-state index is -0.304. The number of ketones is 1. The van der Waals surface area contributed by atoms with E-state index >= 15 is 0 Å². The smallest absolute Gasteiger partial charge is 0.256 e. The Bertz CT molecular complexity index is 1300. The quantitative estimate of drug-likeness (QED) is 0.683. The van der Waals surface area contributed by atoms with Gasteiger partial charge in [0, 0.05) is 54.3 Å². The van der Waals surface area contributed by atoms with Gasteiger partial charge < -0.3 is 20.9 Å². The highest BCUT2D eigenvalue weighted by molar-refractivity contribution is 6.03. The zero-order valence-corrected chi connectivity index (χ0v) is 20.8. The molecule has 3 fully saturated rings. The molecule has 2 bridgehead atoms. The van der Waals surface area contributed by atoms with E-state index in [0.717, 1.165) is 79.8 Å². The van der Waals surface area contributed by atoms with E-state index in [-0.39, 0.29) is 35.2 Å². The first kappa shape index (κ1) is 22.3. The van der Waals surface area contributed by atoms with Crippen LogP contribution in [0.4, 0.5) is 0 Å². The minimum Gasteiger partial charge on any atom is -0.330 e. The van der Waals surface area contributed by atoms with Gasteiger partial charge in [0.05, 0.1) is 17.3 Å². The Morgan fingerprint density at radius 3 is 2.61 bits per heavy atom. The maximum absolute atomic E-state index is 13.7. The molecule has 3 atom stereocenters. The van der Waals surface area contributed by atoms with E-state index in [1.54, 1.807) is 6.20 Å². The molecular formula is C29H33N5O2. The molecule has 2 unspecified atom stereocenters. The maximum atomic E-state index is 13.7. The molecule has 7 nitrogen and oxygen atoms in total. The van der Waals surface area contributed by atoms with Crippen LogP contribution in [0.1, 0.15) is 81.2 Å². The summed E-state index contributed by atoms with van der Waals surface area (Å²) in [4.78, 5) is 35.6. The normalized spacial score (nSPS) is 28.4. The molecule has 2 aliphatic carbocycles. The number of hydrogen-bond donors (Lipinski definition) is 2. The number of carbonyl (C=O) groups is 2. The molecule has 3 aliphatic heterocycles. The number of Topliss-reactive ketones (excluding diaryl/α,β-unsaturated/α-hetero) is 1. The van der Waals surface area contributed by atoms with E-state index in [0.29, 0.717) is 12.0 Å². The van der Waals surface area contributed by atoms with Gasteiger partial charge in [-0.15, -0.1) is 0 Å². The highest BCUT2D eigenvalue weighted by atomic mass is 16.2. The Morgan fingerprint density at radius 2 is 1.86 bits per heavy atom. The second-order valence-corrected chi connectivity index (χ2v) is 11.5. The molecule has 3 saturated heterocycles. The molecule has 1 spiro atoms. The molecule has 1 aromatic carbocycles. The number of benzene rings is 1. The molecule has 4 heterocycles. The summed E-state index contributed by atoms with van der Waals surface area (Å²) in [5, 5.41) is 3.44. The third-order valence-electron chi connectivity index (χ3n) is 9.28. The number of piperazine rings is 1. The predicted molar refractivity (Wildman–Crippen MR) is 138 cm³/mol. The Kier molecular flexibility index (Phi) is 5.00. The summed E-state index contributed by atoms with van der Waals surface area (Å²) in [6, 6.07) is 8.51. The summed E-state index contributed by atoms with van der Waals surface area (Å²) in [7, 11) is 2.14. The fourth-order valence-corrected chi connectivity index (χ4v) is 7.51. The van der Waals surface area contributed by atoms with Gasteiger partial charge in [-0.25, -0.2) is 0 Å². The highest BCUT2D eigenvalue weighted by Crippen LogP contribution is 2.47. The lowest BCUT2D eigenvalue weighted by Gasteiger charge is -2.39. The van der Waals surface area contributed by atoms with E-state index in [1.165, 1.54) is 5.56 Å². The van der Waals surface area contributed by atoms with Crippen LogP contribution in [-0.4, -0.2) is 71.8 Å². The largest absolute Gasteiger partial charge is 0.330 e. The lowest BCUT2D eigenvalue weighted by molar-refractivity contribution is 0.0472. The molecule has 36 heavy (non-hydrogen) atoms. The van der Waals surface area contributed by atoms with Gasteiger partial charge in [0.25, 0.3) is 5.91 Å². The SMILES string of the molecule is CN1CC2CCC(C1)N2C(=O)c1cnc2c(c1)C(c1ccc3c(c1)C1(CCNCC1)CC3=O)=C[C@@H]2N. The third kappa shape index (κ3) is 3.26. The van der Waals surface area contributed by atoms with Gasteiger partial charge in [-0.3, -0.25) is 14.6 Å². The lowest BCUT2D eigenvalue weighted by atomic mass is 9.73. The van der Waals surface area contributed by atoms with E-state index in [4.69, 9.17) is 5.73 Å². The van der Waals surface area contributed by atoms with E-state index in [1.807, 2.05) is 18.2 Å². The average molecular weight is 484 g/mol. The van der Waals surface area contributed by atoms with Crippen molar-refractivity contribution >= 4 is 17.3 Å². The van der Waals surface area contributed by atoms with Crippen LogP contribution in [0, 0.1) is 0 Å². The van der Waals surface area contributed by atoms with Crippen molar-refractivity contribution in [2.75, 3.05) is 33.2 Å². The minimum absolute atomic E-state index is 0.0610. The number of nitrogens with two attached hydrogens (primary N) is 1. The number of nitrogens with zero attached hydrogens (tertiary/aromatic N) is 3.